The van der Waals surface area contributed by atoms with Gasteiger partial charge < -0.3 is 9.47 Å². The second-order valence-electron chi connectivity index (χ2n) is 6.31. The van der Waals surface area contributed by atoms with Crippen LogP contribution < -0.4 is 10.2 Å². The summed E-state index contributed by atoms with van der Waals surface area (Å²) in [6, 6.07) is 9.68. The minimum atomic E-state index is -0.414. The van der Waals surface area contributed by atoms with E-state index in [1.54, 1.807) is 6.20 Å². The molecule has 0 bridgehead atoms. The lowest BCUT2D eigenvalue weighted by molar-refractivity contribution is -0.135. The first-order valence-corrected chi connectivity index (χ1v) is 7.96. The molecule has 2 amide bonds. The van der Waals surface area contributed by atoms with E-state index in [-0.39, 0.29) is 11.8 Å². The molecular formula is C18H18N4O2. The van der Waals surface area contributed by atoms with Crippen LogP contribution in [-0.4, -0.2) is 35.5 Å². The molecule has 1 fully saturated rings. The van der Waals surface area contributed by atoms with E-state index in [1.165, 1.54) is 0 Å². The van der Waals surface area contributed by atoms with Crippen LogP contribution in [0.4, 0.5) is 5.69 Å². The summed E-state index contributed by atoms with van der Waals surface area (Å²) in [5.41, 5.74) is 2.83. The van der Waals surface area contributed by atoms with E-state index < -0.39 is 6.04 Å². The van der Waals surface area contributed by atoms with Crippen molar-refractivity contribution in [2.24, 2.45) is 0 Å². The van der Waals surface area contributed by atoms with Crippen LogP contribution in [0.3, 0.4) is 0 Å². The van der Waals surface area contributed by atoms with Crippen LogP contribution in [0.2, 0.25) is 0 Å². The molecule has 1 N–H and O–H groups in total. The Morgan fingerprint density at radius 1 is 1.21 bits per heavy atom. The van der Waals surface area contributed by atoms with E-state index in [1.807, 2.05) is 47.8 Å². The van der Waals surface area contributed by atoms with Crippen LogP contribution in [-0.2, 0) is 9.59 Å². The number of amides is 2. The average molecular weight is 322 g/mol. The van der Waals surface area contributed by atoms with Crippen LogP contribution in [0.25, 0.3) is 21.9 Å². The number of benzene rings is 1. The van der Waals surface area contributed by atoms with E-state index in [9.17, 15) is 9.59 Å². The molecule has 6 heteroatoms. The Balaban J connectivity index is 1.99. The highest BCUT2D eigenvalue weighted by Crippen LogP contribution is 2.35. The Morgan fingerprint density at radius 2 is 2.04 bits per heavy atom. The second kappa shape index (κ2) is 5.33. The number of nitrogens with zero attached hydrogens (tertiary/aromatic N) is 3. The van der Waals surface area contributed by atoms with Gasteiger partial charge in [0.25, 0.3) is 0 Å². The van der Waals surface area contributed by atoms with Crippen molar-refractivity contribution in [3.8, 4) is 0 Å². The molecule has 0 radical (unpaired) electrons. The van der Waals surface area contributed by atoms with Crippen molar-refractivity contribution >= 4 is 39.4 Å². The summed E-state index contributed by atoms with van der Waals surface area (Å²) in [5, 5.41) is 4.52. The topological polar surface area (TPSA) is 67.2 Å². The van der Waals surface area contributed by atoms with Crippen molar-refractivity contribution < 1.29 is 9.59 Å². The van der Waals surface area contributed by atoms with Gasteiger partial charge in [0.05, 0.1) is 5.52 Å². The molecule has 24 heavy (non-hydrogen) atoms. The molecule has 122 valence electrons. The summed E-state index contributed by atoms with van der Waals surface area (Å²) in [7, 11) is 4.00. The third-order valence-electron chi connectivity index (χ3n) is 4.58. The monoisotopic (exact) mass is 322 g/mol. The maximum Gasteiger partial charge on any atom is 0.249 e. The van der Waals surface area contributed by atoms with Crippen LogP contribution in [0.5, 0.6) is 0 Å². The summed E-state index contributed by atoms with van der Waals surface area (Å²) in [6.45, 7) is 0. The van der Waals surface area contributed by atoms with Gasteiger partial charge in [-0.25, -0.2) is 4.98 Å². The highest BCUT2D eigenvalue weighted by atomic mass is 16.2. The van der Waals surface area contributed by atoms with Crippen molar-refractivity contribution in [1.29, 1.82) is 0 Å². The van der Waals surface area contributed by atoms with Gasteiger partial charge in [-0.3, -0.25) is 14.9 Å². The summed E-state index contributed by atoms with van der Waals surface area (Å²) >= 11 is 0. The Labute approximate surface area is 139 Å². The smallest absolute Gasteiger partial charge is 0.249 e. The van der Waals surface area contributed by atoms with Crippen molar-refractivity contribution in [2.75, 3.05) is 19.0 Å². The maximum absolute atomic E-state index is 12.4. The van der Waals surface area contributed by atoms with Crippen LogP contribution in [0.15, 0.2) is 36.5 Å². The number of carbonyl (C=O) groups is 2. The average Bonchev–Trinajstić information content (AvgIpc) is 2.89. The molecule has 1 saturated heterocycles. The van der Waals surface area contributed by atoms with Gasteiger partial charge in [0.1, 0.15) is 11.7 Å². The zero-order valence-corrected chi connectivity index (χ0v) is 13.6. The minimum absolute atomic E-state index is 0.208. The van der Waals surface area contributed by atoms with Gasteiger partial charge in [-0.15, -0.1) is 0 Å². The molecule has 1 aliphatic rings. The van der Waals surface area contributed by atoms with Crippen molar-refractivity contribution in [1.82, 2.24) is 14.9 Å². The van der Waals surface area contributed by atoms with Gasteiger partial charge in [-0.2, -0.15) is 0 Å². The Bertz CT molecular complexity index is 974. The fourth-order valence-electron chi connectivity index (χ4n) is 3.39. The third kappa shape index (κ3) is 2.14. The third-order valence-corrected chi connectivity index (χ3v) is 4.58. The number of carbonyl (C=O) groups excluding carboxylic acids is 2. The van der Waals surface area contributed by atoms with Crippen molar-refractivity contribution in [3.63, 3.8) is 0 Å². The van der Waals surface area contributed by atoms with E-state index in [0.29, 0.717) is 12.8 Å². The molecule has 0 spiro atoms. The standard InChI is InChI=1S/C18H18N4O2/c1-21(2)11-5-6-14-13(10-11)12-4-3-9-19-17(12)22(14)15-7-8-16(23)20-18(15)24/h3-6,9-10,15H,7-8H2,1-2H3,(H,20,23,24). The van der Waals surface area contributed by atoms with Gasteiger partial charge in [0.15, 0.2) is 0 Å². The lowest BCUT2D eigenvalue weighted by Crippen LogP contribution is -2.41. The fourth-order valence-corrected chi connectivity index (χ4v) is 3.39. The van der Waals surface area contributed by atoms with E-state index in [2.05, 4.69) is 16.4 Å². The number of imide groups is 1. The molecule has 1 atom stereocenters. The molecule has 0 saturated carbocycles. The molecule has 0 aliphatic carbocycles. The number of anilines is 1. The molecule has 1 aromatic carbocycles. The lowest BCUT2D eigenvalue weighted by Gasteiger charge is -2.23. The van der Waals surface area contributed by atoms with Gasteiger partial charge in [-0.1, -0.05) is 0 Å². The number of pyridine rings is 1. The zero-order valence-electron chi connectivity index (χ0n) is 13.6. The number of hydrogen-bond donors (Lipinski definition) is 1. The molecule has 2 aromatic heterocycles. The first-order valence-electron chi connectivity index (χ1n) is 7.96. The first-order chi connectivity index (χ1) is 11.6. The summed E-state index contributed by atoms with van der Waals surface area (Å²) in [5.74, 6) is -0.466. The molecular weight excluding hydrogens is 304 g/mol. The highest BCUT2D eigenvalue weighted by Gasteiger charge is 2.30. The Hall–Kier alpha value is -2.89. The maximum atomic E-state index is 12.4. The molecule has 1 aliphatic heterocycles. The molecule has 3 heterocycles. The second-order valence-corrected chi connectivity index (χ2v) is 6.31. The van der Waals surface area contributed by atoms with Crippen LogP contribution in [0, 0.1) is 0 Å². The lowest BCUT2D eigenvalue weighted by atomic mass is 10.1. The Kier molecular flexibility index (Phi) is 3.26. The fraction of sp³-hybridized carbons (Fsp3) is 0.278. The number of nitrogens with one attached hydrogen (secondary N) is 1. The van der Waals surface area contributed by atoms with Gasteiger partial charge in [0.2, 0.25) is 11.8 Å². The minimum Gasteiger partial charge on any atom is -0.378 e. The van der Waals surface area contributed by atoms with Crippen molar-refractivity contribution in [3.05, 3.63) is 36.5 Å². The highest BCUT2D eigenvalue weighted by molar-refractivity contribution is 6.09. The molecule has 3 aromatic rings. The summed E-state index contributed by atoms with van der Waals surface area (Å²) in [4.78, 5) is 30.4. The number of rotatable bonds is 2. The largest absolute Gasteiger partial charge is 0.378 e. The summed E-state index contributed by atoms with van der Waals surface area (Å²) in [6.07, 6.45) is 2.58. The number of aromatic nitrogens is 2. The number of piperidine rings is 1. The predicted octanol–water partition coefficient (Wildman–Crippen LogP) is 2.23. The van der Waals surface area contributed by atoms with Crippen LogP contribution >= 0.6 is 0 Å². The molecule has 4 rings (SSSR count). The molecule has 1 unspecified atom stereocenters. The van der Waals surface area contributed by atoms with E-state index in [4.69, 9.17) is 0 Å². The molecule has 6 nitrogen and oxygen atoms in total. The number of hydrogen-bond acceptors (Lipinski definition) is 4. The van der Waals surface area contributed by atoms with E-state index >= 15 is 0 Å². The predicted molar refractivity (Wildman–Crippen MR) is 93.0 cm³/mol. The number of fused-ring (bicyclic) bond motifs is 3. The normalized spacial score (nSPS) is 18.2. The van der Waals surface area contributed by atoms with E-state index in [0.717, 1.165) is 27.6 Å². The summed E-state index contributed by atoms with van der Waals surface area (Å²) < 4.78 is 1.96. The van der Waals surface area contributed by atoms with Gasteiger partial charge >= 0.3 is 0 Å². The van der Waals surface area contributed by atoms with Crippen molar-refractivity contribution in [2.45, 2.75) is 18.9 Å². The SMILES string of the molecule is CN(C)c1ccc2c(c1)c1cccnc1n2C1CCC(=O)NC1=O. The quantitative estimate of drug-likeness (QED) is 0.735. The van der Waals surface area contributed by atoms with Gasteiger partial charge in [-0.05, 0) is 36.8 Å². The van der Waals surface area contributed by atoms with Gasteiger partial charge in [0, 0.05) is 43.2 Å². The zero-order chi connectivity index (χ0) is 16.8. The van der Waals surface area contributed by atoms with Crippen LogP contribution in [0.1, 0.15) is 18.9 Å². The first kappa shape index (κ1) is 14.7. The Morgan fingerprint density at radius 3 is 2.79 bits per heavy atom.